The lowest BCUT2D eigenvalue weighted by Crippen LogP contribution is -2.41. The summed E-state index contributed by atoms with van der Waals surface area (Å²) in [5.41, 5.74) is 8.54. The predicted octanol–water partition coefficient (Wildman–Crippen LogP) is 0.168. The van der Waals surface area contributed by atoms with E-state index in [1.165, 1.54) is 13.8 Å². The van der Waals surface area contributed by atoms with Crippen molar-refractivity contribution in [3.8, 4) is 0 Å². The molecule has 0 aliphatic heterocycles. The Morgan fingerprint density at radius 2 is 1.73 bits per heavy atom. The summed E-state index contributed by atoms with van der Waals surface area (Å²) < 4.78 is 25.2. The maximum absolute atomic E-state index is 11.5. The Morgan fingerprint density at radius 1 is 1.27 bits per heavy atom. The zero-order valence-corrected chi connectivity index (χ0v) is 10.00. The molecular weight excluding hydrogens is 218 g/mol. The summed E-state index contributed by atoms with van der Waals surface area (Å²) in [5, 5.41) is -0.841. The lowest BCUT2D eigenvalue weighted by atomic mass is 10.1. The highest BCUT2D eigenvalue weighted by molar-refractivity contribution is 8.06. The molecule has 0 saturated heterocycles. The van der Waals surface area contributed by atoms with Gasteiger partial charge in [-0.15, -0.1) is 4.79 Å². The van der Waals surface area contributed by atoms with E-state index in [0.29, 0.717) is 0 Å². The maximum atomic E-state index is 11.5. The summed E-state index contributed by atoms with van der Waals surface area (Å²) in [7, 11) is -4.02. The molecule has 0 aliphatic rings. The van der Waals surface area contributed by atoms with Crippen LogP contribution in [-0.2, 0) is 14.8 Å². The molecule has 0 aromatic heterocycles. The molecule has 0 aliphatic carbocycles. The van der Waals surface area contributed by atoms with Crippen molar-refractivity contribution >= 4 is 20.9 Å². The third kappa shape index (κ3) is 3.91. The lowest BCUT2D eigenvalue weighted by Gasteiger charge is -2.06. The summed E-state index contributed by atoms with van der Waals surface area (Å²) in [6, 6.07) is -0.369. The number of hydrogen-bond donors (Lipinski definition) is 1. The average molecular weight is 233 g/mol. The molecule has 0 bridgehead atoms. The molecule has 0 atom stereocenters. The zero-order chi connectivity index (χ0) is 12.2. The number of carbonyl (C=O) groups excluding carboxylic acids is 1. The summed E-state index contributed by atoms with van der Waals surface area (Å²) in [5.74, 6) is -1.26. The second-order valence-electron chi connectivity index (χ2n) is 3.70. The topological polar surface area (TPSA) is 99.6 Å². The molecule has 0 amide bonds. The highest BCUT2D eigenvalue weighted by atomic mass is 32.2. The largest absolute Gasteiger partial charge is 0.461 e. The van der Waals surface area contributed by atoms with Gasteiger partial charge in [-0.2, -0.15) is 8.42 Å². The second-order valence-corrected chi connectivity index (χ2v) is 5.33. The molecule has 15 heavy (non-hydrogen) atoms. The Morgan fingerprint density at radius 3 is 2.00 bits per heavy atom. The van der Waals surface area contributed by atoms with E-state index in [1.807, 2.05) is 0 Å². The highest BCUT2D eigenvalue weighted by Crippen LogP contribution is 2.00. The fraction of sp³-hybridized carbons (Fsp3) is 0.750. The van der Waals surface area contributed by atoms with Gasteiger partial charge in [-0.25, -0.2) is 4.72 Å². The fourth-order valence-electron chi connectivity index (χ4n) is 0.849. The minimum absolute atomic E-state index is 0.369. The van der Waals surface area contributed by atoms with Crippen LogP contribution in [0.15, 0.2) is 0 Å². The molecule has 6 nitrogen and oxygen atoms in total. The van der Waals surface area contributed by atoms with Gasteiger partial charge in [0.15, 0.2) is 0 Å². The number of ketones is 1. The van der Waals surface area contributed by atoms with Crippen LogP contribution in [0.2, 0.25) is 0 Å². The zero-order valence-electron chi connectivity index (χ0n) is 9.18. The Balaban J connectivity index is 5.19. The van der Waals surface area contributed by atoms with Crippen LogP contribution >= 0.6 is 0 Å². The average Bonchev–Trinajstić information content (AvgIpc) is 2.01. The summed E-state index contributed by atoms with van der Waals surface area (Å²) in [4.78, 5) is 13.9. The Labute approximate surface area is 89.3 Å². The van der Waals surface area contributed by atoms with Gasteiger partial charge < -0.3 is 5.53 Å². The van der Waals surface area contributed by atoms with Crippen molar-refractivity contribution in [3.63, 3.8) is 0 Å². The maximum Gasteiger partial charge on any atom is 0.461 e. The SMILES string of the molecule is CC(C)NS(=O)(=O)C(=[N+]=[N-])C(=O)C(C)C. The third-order valence-corrected chi connectivity index (χ3v) is 3.05. The number of Topliss-reactive ketones (excluding diaryl/α,β-unsaturated/α-hetero) is 1. The van der Waals surface area contributed by atoms with Gasteiger partial charge in [0.25, 0.3) is 5.78 Å². The highest BCUT2D eigenvalue weighted by Gasteiger charge is 2.37. The number of rotatable bonds is 4. The first-order valence-electron chi connectivity index (χ1n) is 4.51. The number of sulfonamides is 1. The van der Waals surface area contributed by atoms with Crippen LogP contribution in [0.3, 0.4) is 0 Å². The molecule has 86 valence electrons. The Bertz CT molecular complexity index is 391. The molecule has 0 radical (unpaired) electrons. The predicted molar refractivity (Wildman–Crippen MR) is 55.7 cm³/mol. The summed E-state index contributed by atoms with van der Waals surface area (Å²) in [6.07, 6.45) is 0. The van der Waals surface area contributed by atoms with Crippen LogP contribution in [0.5, 0.6) is 0 Å². The number of carbonyl (C=O) groups is 1. The molecule has 0 heterocycles. The number of hydrogen-bond acceptors (Lipinski definition) is 3. The van der Waals surface area contributed by atoms with Gasteiger partial charge in [-0.3, -0.25) is 4.79 Å². The van der Waals surface area contributed by atoms with Crippen molar-refractivity contribution in [2.24, 2.45) is 5.92 Å². The quantitative estimate of drug-likeness (QED) is 0.324. The smallest absolute Gasteiger partial charge is 0.360 e. The summed E-state index contributed by atoms with van der Waals surface area (Å²) in [6.45, 7) is 6.26. The van der Waals surface area contributed by atoms with E-state index in [-0.39, 0.29) is 6.04 Å². The van der Waals surface area contributed by atoms with Crippen molar-refractivity contribution in [2.75, 3.05) is 0 Å². The van der Waals surface area contributed by atoms with Gasteiger partial charge in [-0.05, 0) is 13.8 Å². The molecule has 0 saturated carbocycles. The molecule has 7 heteroatoms. The first kappa shape index (κ1) is 14.0. The number of nitrogens with one attached hydrogen (secondary N) is 1. The molecule has 0 rings (SSSR count). The minimum atomic E-state index is -4.02. The van der Waals surface area contributed by atoms with Crippen LogP contribution in [-0.4, -0.2) is 30.1 Å². The van der Waals surface area contributed by atoms with Crippen molar-refractivity contribution in [2.45, 2.75) is 33.7 Å². The van der Waals surface area contributed by atoms with E-state index in [9.17, 15) is 13.2 Å². The van der Waals surface area contributed by atoms with E-state index < -0.39 is 26.8 Å². The van der Waals surface area contributed by atoms with E-state index in [0.717, 1.165) is 0 Å². The van der Waals surface area contributed by atoms with Crippen molar-refractivity contribution in [1.29, 1.82) is 0 Å². The fourth-order valence-corrected chi connectivity index (χ4v) is 2.19. The van der Waals surface area contributed by atoms with Crippen molar-refractivity contribution in [3.05, 3.63) is 5.53 Å². The van der Waals surface area contributed by atoms with Gasteiger partial charge in [0.05, 0.1) is 0 Å². The number of nitrogens with zero attached hydrogens (tertiary/aromatic N) is 2. The minimum Gasteiger partial charge on any atom is -0.360 e. The second kappa shape index (κ2) is 5.16. The molecule has 0 unspecified atom stereocenters. The molecule has 0 aromatic carbocycles. The Kier molecular flexibility index (Phi) is 4.80. The van der Waals surface area contributed by atoms with Crippen LogP contribution < -0.4 is 4.72 Å². The first-order chi connectivity index (χ1) is 6.72. The molecule has 0 fully saturated rings. The third-order valence-electron chi connectivity index (χ3n) is 1.47. The van der Waals surface area contributed by atoms with Gasteiger partial charge in [0, 0.05) is 12.0 Å². The van der Waals surface area contributed by atoms with Gasteiger partial charge in [-0.1, -0.05) is 13.8 Å². The van der Waals surface area contributed by atoms with Crippen LogP contribution in [0.1, 0.15) is 27.7 Å². The van der Waals surface area contributed by atoms with E-state index in [1.54, 1.807) is 13.8 Å². The molecule has 0 spiro atoms. The van der Waals surface area contributed by atoms with Crippen molar-refractivity contribution in [1.82, 2.24) is 4.72 Å². The summed E-state index contributed by atoms with van der Waals surface area (Å²) >= 11 is 0. The van der Waals surface area contributed by atoms with Gasteiger partial charge in [0.2, 0.25) is 0 Å². The molecule has 1 N–H and O–H groups in total. The lowest BCUT2D eigenvalue weighted by molar-refractivity contribution is -0.119. The van der Waals surface area contributed by atoms with Gasteiger partial charge in [0.1, 0.15) is 0 Å². The monoisotopic (exact) mass is 233 g/mol. The molecule has 0 aromatic rings. The normalized spacial score (nSPS) is 11.6. The Hall–Kier alpha value is -1.04. The van der Waals surface area contributed by atoms with E-state index >= 15 is 0 Å². The van der Waals surface area contributed by atoms with Gasteiger partial charge >= 0.3 is 15.1 Å². The van der Waals surface area contributed by atoms with E-state index in [4.69, 9.17) is 5.53 Å². The standard InChI is InChI=1S/C8H15N3O3S/c1-5(2)7(12)8(10-9)15(13,14)11-6(3)4/h5-6,11H,1-4H3. The van der Waals surface area contributed by atoms with Crippen LogP contribution in [0, 0.1) is 5.92 Å². The van der Waals surface area contributed by atoms with E-state index in [2.05, 4.69) is 9.51 Å². The first-order valence-corrected chi connectivity index (χ1v) is 5.99. The van der Waals surface area contributed by atoms with Crippen molar-refractivity contribution < 1.29 is 18.0 Å². The van der Waals surface area contributed by atoms with Crippen LogP contribution in [0.4, 0.5) is 0 Å². The molecular formula is C8H15N3O3S. The van der Waals surface area contributed by atoms with Crippen LogP contribution in [0.25, 0.3) is 5.53 Å².